The average molecular weight is 147 g/mol. The van der Waals surface area contributed by atoms with Gasteiger partial charge in [-0.15, -0.1) is 18.1 Å². The highest BCUT2D eigenvalue weighted by atomic mass is 15.2. The van der Waals surface area contributed by atoms with Gasteiger partial charge in [0.15, 0.2) is 5.71 Å². The van der Waals surface area contributed by atoms with Crippen LogP contribution < -0.4 is 0 Å². The molecular formula is C8H9N3. The first-order chi connectivity index (χ1) is 5.35. The van der Waals surface area contributed by atoms with Gasteiger partial charge >= 0.3 is 0 Å². The maximum absolute atomic E-state index is 5.06. The third-order valence-electron chi connectivity index (χ3n) is 0.774. The van der Waals surface area contributed by atoms with Crippen molar-refractivity contribution in [3.05, 3.63) is 12.7 Å². The zero-order valence-corrected chi connectivity index (χ0v) is 6.20. The lowest BCUT2D eigenvalue weighted by molar-refractivity contribution is 1.25. The van der Waals surface area contributed by atoms with Crippen molar-refractivity contribution in [3.63, 3.8) is 0 Å². The molecule has 0 heterocycles. The minimum atomic E-state index is 0.363. The molecule has 0 aliphatic rings. The minimum absolute atomic E-state index is 0.363. The van der Waals surface area contributed by atoms with Crippen molar-refractivity contribution >= 4 is 18.6 Å². The fourth-order valence-corrected chi connectivity index (χ4v) is 0.382. The fourth-order valence-electron chi connectivity index (χ4n) is 0.382. The monoisotopic (exact) mass is 147 g/mol. The van der Waals surface area contributed by atoms with Crippen LogP contribution in [-0.4, -0.2) is 25.2 Å². The quantitative estimate of drug-likeness (QED) is 0.245. The molecule has 0 spiro atoms. The third-order valence-corrected chi connectivity index (χ3v) is 0.774. The molecule has 0 aromatic heterocycles. The summed E-state index contributed by atoms with van der Waals surface area (Å²) in [7, 11) is 0. The summed E-state index contributed by atoms with van der Waals surface area (Å²) in [5, 5.41) is 6.79. The van der Waals surface area contributed by atoms with Gasteiger partial charge in [0.25, 0.3) is 0 Å². The van der Waals surface area contributed by atoms with Crippen molar-refractivity contribution in [1.29, 1.82) is 0 Å². The Labute approximate surface area is 66.3 Å². The maximum atomic E-state index is 5.06. The zero-order chi connectivity index (χ0) is 8.53. The number of terminal acetylenes is 1. The lowest BCUT2D eigenvalue weighted by Crippen LogP contribution is -1.94. The first-order valence-corrected chi connectivity index (χ1v) is 2.96. The third kappa shape index (κ3) is 4.79. The van der Waals surface area contributed by atoms with E-state index in [4.69, 9.17) is 6.42 Å². The predicted octanol–water partition coefficient (Wildman–Crippen LogP) is 0.933. The van der Waals surface area contributed by atoms with E-state index in [1.165, 1.54) is 6.21 Å². The van der Waals surface area contributed by atoms with Crippen LogP contribution in [0.1, 0.15) is 0 Å². The van der Waals surface area contributed by atoms with E-state index < -0.39 is 0 Å². The van der Waals surface area contributed by atoms with E-state index in [9.17, 15) is 0 Å². The Morgan fingerprint density at radius 2 is 2.36 bits per heavy atom. The van der Waals surface area contributed by atoms with Crippen LogP contribution in [0.15, 0.2) is 27.9 Å². The molecule has 0 amide bonds. The minimum Gasteiger partial charge on any atom is -0.286 e. The molecule has 0 N–H and O–H groups in total. The van der Waals surface area contributed by atoms with Gasteiger partial charge in [-0.3, -0.25) is 4.99 Å². The van der Waals surface area contributed by atoms with Crippen LogP contribution in [-0.2, 0) is 0 Å². The molecule has 0 fully saturated rings. The number of aliphatic imine (C=N–C) groups is 1. The molecule has 0 aromatic carbocycles. The van der Waals surface area contributed by atoms with Crippen LogP contribution in [0.2, 0.25) is 0 Å². The summed E-state index contributed by atoms with van der Waals surface area (Å²) >= 11 is 0. The van der Waals surface area contributed by atoms with Gasteiger partial charge in [-0.2, -0.15) is 5.10 Å². The van der Waals surface area contributed by atoms with Crippen molar-refractivity contribution in [2.45, 2.75) is 0 Å². The molecule has 0 saturated heterocycles. The van der Waals surface area contributed by atoms with Crippen LogP contribution in [0.3, 0.4) is 0 Å². The number of rotatable bonds is 4. The summed E-state index contributed by atoms with van der Waals surface area (Å²) in [6, 6.07) is 0. The molecule has 3 heteroatoms. The van der Waals surface area contributed by atoms with E-state index >= 15 is 0 Å². The highest BCUT2D eigenvalue weighted by Crippen LogP contribution is 1.75. The Morgan fingerprint density at radius 3 is 2.82 bits per heavy atom. The molecule has 0 unspecified atom stereocenters. The molecule has 11 heavy (non-hydrogen) atoms. The van der Waals surface area contributed by atoms with Gasteiger partial charge in [-0.25, -0.2) is 0 Å². The van der Waals surface area contributed by atoms with E-state index in [1.54, 1.807) is 6.08 Å². The van der Waals surface area contributed by atoms with Crippen LogP contribution in [0, 0.1) is 12.3 Å². The summed E-state index contributed by atoms with van der Waals surface area (Å²) in [5.41, 5.74) is 0.363. The van der Waals surface area contributed by atoms with Crippen LogP contribution >= 0.6 is 0 Å². The normalized spacial score (nSPS) is 11.0. The predicted molar refractivity (Wildman–Crippen MR) is 49.4 cm³/mol. The zero-order valence-electron chi connectivity index (χ0n) is 6.20. The van der Waals surface area contributed by atoms with E-state index in [2.05, 4.69) is 34.4 Å². The molecule has 0 aromatic rings. The number of hydrogen-bond acceptors (Lipinski definition) is 3. The molecule has 3 nitrogen and oxygen atoms in total. The fraction of sp³-hybridized carbons (Fsp3) is 0.125. The van der Waals surface area contributed by atoms with Crippen molar-refractivity contribution < 1.29 is 0 Å². The van der Waals surface area contributed by atoms with Gasteiger partial charge in [-0.05, 0) is 5.92 Å². The Balaban J connectivity index is 4.10. The summed E-state index contributed by atoms with van der Waals surface area (Å²) in [6.07, 6.45) is 8.17. The Hall–Kier alpha value is -1.69. The standard InChI is InChI=1S/C8H9N3/c1-4-6-10-7-8(5-2)11-9-3/h2,4,7H,1,3,6H2/b10-7?,11-8-. The Morgan fingerprint density at radius 1 is 1.64 bits per heavy atom. The number of nitrogens with zero attached hydrogens (tertiary/aromatic N) is 3. The molecule has 0 rings (SSSR count). The summed E-state index contributed by atoms with van der Waals surface area (Å²) in [6.45, 7) is 7.18. The largest absolute Gasteiger partial charge is 0.286 e. The smallest absolute Gasteiger partial charge is 0.153 e. The maximum Gasteiger partial charge on any atom is 0.153 e. The summed E-state index contributed by atoms with van der Waals surface area (Å²) in [4.78, 5) is 3.88. The van der Waals surface area contributed by atoms with E-state index in [0.717, 1.165) is 0 Å². The SMILES string of the molecule is C#C/C(C=NCC=C)=N/N=C. The van der Waals surface area contributed by atoms with E-state index in [-0.39, 0.29) is 0 Å². The molecule has 0 atom stereocenters. The summed E-state index contributed by atoms with van der Waals surface area (Å²) < 4.78 is 0. The van der Waals surface area contributed by atoms with Crippen molar-refractivity contribution in [2.24, 2.45) is 15.2 Å². The van der Waals surface area contributed by atoms with Gasteiger partial charge in [0.2, 0.25) is 0 Å². The van der Waals surface area contributed by atoms with Gasteiger partial charge < -0.3 is 0 Å². The lowest BCUT2D eigenvalue weighted by atomic mass is 10.4. The second kappa shape index (κ2) is 6.43. The first-order valence-electron chi connectivity index (χ1n) is 2.96. The summed E-state index contributed by atoms with van der Waals surface area (Å²) in [5.74, 6) is 2.29. The second-order valence-corrected chi connectivity index (χ2v) is 1.55. The molecule has 0 aliphatic heterocycles. The molecular weight excluding hydrogens is 138 g/mol. The second-order valence-electron chi connectivity index (χ2n) is 1.55. The van der Waals surface area contributed by atoms with Gasteiger partial charge in [0.05, 0.1) is 12.8 Å². The first kappa shape index (κ1) is 9.31. The van der Waals surface area contributed by atoms with Crippen molar-refractivity contribution in [1.82, 2.24) is 0 Å². The molecule has 0 aliphatic carbocycles. The molecule has 56 valence electrons. The van der Waals surface area contributed by atoms with Gasteiger partial charge in [-0.1, -0.05) is 6.08 Å². The van der Waals surface area contributed by atoms with Crippen molar-refractivity contribution in [3.8, 4) is 12.3 Å². The van der Waals surface area contributed by atoms with Gasteiger partial charge in [0.1, 0.15) is 0 Å². The number of hydrogen-bond donors (Lipinski definition) is 0. The molecule has 0 radical (unpaired) electrons. The van der Waals surface area contributed by atoms with E-state index in [1.807, 2.05) is 0 Å². The Bertz CT molecular complexity index is 230. The lowest BCUT2D eigenvalue weighted by Gasteiger charge is -1.83. The van der Waals surface area contributed by atoms with Crippen molar-refractivity contribution in [2.75, 3.05) is 6.54 Å². The van der Waals surface area contributed by atoms with Crippen LogP contribution in [0.4, 0.5) is 0 Å². The molecule has 0 bridgehead atoms. The molecule has 0 saturated carbocycles. The topological polar surface area (TPSA) is 37.1 Å². The van der Waals surface area contributed by atoms with Crippen LogP contribution in [0.25, 0.3) is 0 Å². The average Bonchev–Trinajstić information content (AvgIpc) is 2.03. The van der Waals surface area contributed by atoms with Crippen LogP contribution in [0.5, 0.6) is 0 Å². The highest BCUT2D eigenvalue weighted by molar-refractivity contribution is 6.38. The highest BCUT2D eigenvalue weighted by Gasteiger charge is 1.83. The van der Waals surface area contributed by atoms with Gasteiger partial charge in [0, 0.05) is 6.72 Å². The Kier molecular flexibility index (Phi) is 5.44. The van der Waals surface area contributed by atoms with E-state index in [0.29, 0.717) is 12.3 Å².